The van der Waals surface area contributed by atoms with Gasteiger partial charge in [0.15, 0.2) is 5.75 Å². The van der Waals surface area contributed by atoms with E-state index in [0.717, 1.165) is 53.4 Å². The number of hydrogen-bond acceptors (Lipinski definition) is 3. The summed E-state index contributed by atoms with van der Waals surface area (Å²) >= 11 is 5.13. The fourth-order valence-electron chi connectivity index (χ4n) is 4.10. The molecule has 2 nitrogen and oxygen atoms in total. The summed E-state index contributed by atoms with van der Waals surface area (Å²) in [6.45, 7) is 7.08. The van der Waals surface area contributed by atoms with E-state index in [1.54, 1.807) is 23.5 Å². The SMILES string of the molecule is CC(C)(C)c1cc(OCc2ccccc2)cc2sc(-c3ccc(F)cc3)c(Oc3ccc(Br)cc3)c12. The minimum Gasteiger partial charge on any atom is -0.489 e. The summed E-state index contributed by atoms with van der Waals surface area (Å²) < 4.78 is 28.6. The van der Waals surface area contributed by atoms with Crippen molar-refractivity contribution < 1.29 is 13.9 Å². The molecule has 0 saturated heterocycles. The van der Waals surface area contributed by atoms with Gasteiger partial charge in [-0.1, -0.05) is 79.2 Å². The maximum Gasteiger partial charge on any atom is 0.154 e. The van der Waals surface area contributed by atoms with Crippen LogP contribution in [0.3, 0.4) is 0 Å². The molecule has 0 spiro atoms. The van der Waals surface area contributed by atoms with Gasteiger partial charge in [-0.25, -0.2) is 4.39 Å². The van der Waals surface area contributed by atoms with Crippen LogP contribution in [-0.4, -0.2) is 0 Å². The van der Waals surface area contributed by atoms with Gasteiger partial charge in [0.25, 0.3) is 0 Å². The molecule has 4 aromatic carbocycles. The van der Waals surface area contributed by atoms with Gasteiger partial charge in [0, 0.05) is 14.6 Å². The van der Waals surface area contributed by atoms with Gasteiger partial charge in [-0.3, -0.25) is 0 Å². The standard InChI is InChI=1S/C31H26BrFO2S/c1-31(2,3)26-17-25(34-19-20-7-5-4-6-8-20)18-27-28(26)29(35-24-15-11-22(32)12-16-24)30(36-27)21-9-13-23(33)14-10-21/h4-18H,19H2,1-3H3. The Morgan fingerprint density at radius 3 is 2.19 bits per heavy atom. The molecule has 0 bridgehead atoms. The molecule has 0 fully saturated rings. The van der Waals surface area contributed by atoms with Crippen molar-refractivity contribution in [3.63, 3.8) is 0 Å². The Hall–Kier alpha value is -3.15. The Morgan fingerprint density at radius 1 is 0.833 bits per heavy atom. The van der Waals surface area contributed by atoms with Crippen LogP contribution < -0.4 is 9.47 Å². The van der Waals surface area contributed by atoms with E-state index in [9.17, 15) is 4.39 Å². The lowest BCUT2D eigenvalue weighted by atomic mass is 9.84. The first-order valence-electron chi connectivity index (χ1n) is 11.7. The van der Waals surface area contributed by atoms with E-state index in [2.05, 4.69) is 61.0 Å². The fourth-order valence-corrected chi connectivity index (χ4v) is 5.55. The van der Waals surface area contributed by atoms with Crippen LogP contribution in [0, 0.1) is 5.82 Å². The zero-order valence-corrected chi connectivity index (χ0v) is 22.8. The van der Waals surface area contributed by atoms with Crippen LogP contribution >= 0.6 is 27.3 Å². The second kappa shape index (κ2) is 10.1. The lowest BCUT2D eigenvalue weighted by Crippen LogP contribution is -2.12. The third kappa shape index (κ3) is 5.32. The van der Waals surface area contributed by atoms with Crippen LogP contribution in [-0.2, 0) is 12.0 Å². The molecule has 1 aromatic heterocycles. The normalized spacial score (nSPS) is 11.6. The van der Waals surface area contributed by atoms with Gasteiger partial charge >= 0.3 is 0 Å². The van der Waals surface area contributed by atoms with Crippen molar-refractivity contribution >= 4 is 37.4 Å². The minimum absolute atomic E-state index is 0.163. The average Bonchev–Trinajstić information content (AvgIpc) is 3.22. The van der Waals surface area contributed by atoms with Crippen molar-refractivity contribution in [3.05, 3.63) is 112 Å². The van der Waals surface area contributed by atoms with Crippen molar-refractivity contribution in [2.45, 2.75) is 32.8 Å². The Labute approximate surface area is 223 Å². The highest BCUT2D eigenvalue weighted by atomic mass is 79.9. The molecule has 0 amide bonds. The van der Waals surface area contributed by atoms with Gasteiger partial charge < -0.3 is 9.47 Å². The van der Waals surface area contributed by atoms with Gasteiger partial charge in [-0.2, -0.15) is 0 Å². The molecule has 0 N–H and O–H groups in total. The van der Waals surface area contributed by atoms with Gasteiger partial charge in [0.1, 0.15) is 23.9 Å². The lowest BCUT2D eigenvalue weighted by Gasteiger charge is -2.22. The molecule has 0 unspecified atom stereocenters. The zero-order valence-electron chi connectivity index (χ0n) is 20.3. The second-order valence-corrected chi connectivity index (χ2v) is 11.7. The minimum atomic E-state index is -0.262. The van der Waals surface area contributed by atoms with E-state index >= 15 is 0 Å². The predicted octanol–water partition coefficient (Wildman–Crippen LogP) is 10.1. The molecular weight excluding hydrogens is 535 g/mol. The summed E-state index contributed by atoms with van der Waals surface area (Å²) in [5, 5.41) is 1.06. The van der Waals surface area contributed by atoms with Crippen molar-refractivity contribution in [1.29, 1.82) is 0 Å². The third-order valence-electron chi connectivity index (χ3n) is 5.92. The highest BCUT2D eigenvalue weighted by Gasteiger charge is 2.26. The quantitative estimate of drug-likeness (QED) is 0.205. The fraction of sp³-hybridized carbons (Fsp3) is 0.161. The largest absolute Gasteiger partial charge is 0.489 e. The smallest absolute Gasteiger partial charge is 0.154 e. The molecular formula is C31H26BrFO2S. The first-order valence-corrected chi connectivity index (χ1v) is 13.4. The van der Waals surface area contributed by atoms with Crippen molar-refractivity contribution in [1.82, 2.24) is 0 Å². The maximum absolute atomic E-state index is 13.7. The average molecular weight is 562 g/mol. The summed E-state index contributed by atoms with van der Waals surface area (Å²) in [4.78, 5) is 0.957. The van der Waals surface area contributed by atoms with Gasteiger partial charge in [0.2, 0.25) is 0 Å². The molecule has 5 aromatic rings. The van der Waals surface area contributed by atoms with Crippen LogP contribution in [0.5, 0.6) is 17.2 Å². The van der Waals surface area contributed by atoms with E-state index in [-0.39, 0.29) is 11.2 Å². The zero-order chi connectivity index (χ0) is 25.3. The molecule has 0 saturated carbocycles. The summed E-state index contributed by atoms with van der Waals surface area (Å²) in [5.41, 5.74) is 3.01. The molecule has 182 valence electrons. The van der Waals surface area contributed by atoms with E-state index in [1.165, 1.54) is 12.1 Å². The van der Waals surface area contributed by atoms with Crippen molar-refractivity contribution in [2.75, 3.05) is 0 Å². The lowest BCUT2D eigenvalue weighted by molar-refractivity contribution is 0.306. The van der Waals surface area contributed by atoms with E-state index < -0.39 is 0 Å². The number of halogens is 2. The molecule has 5 heteroatoms. The van der Waals surface area contributed by atoms with Crippen LogP contribution in [0.25, 0.3) is 20.5 Å². The molecule has 36 heavy (non-hydrogen) atoms. The highest BCUT2D eigenvalue weighted by molar-refractivity contribution is 9.10. The number of fused-ring (bicyclic) bond motifs is 1. The predicted molar refractivity (Wildman–Crippen MR) is 151 cm³/mol. The van der Waals surface area contributed by atoms with E-state index in [1.807, 2.05) is 42.5 Å². The molecule has 0 radical (unpaired) electrons. The molecule has 0 aliphatic carbocycles. The van der Waals surface area contributed by atoms with Crippen LogP contribution in [0.4, 0.5) is 4.39 Å². The van der Waals surface area contributed by atoms with E-state index in [0.29, 0.717) is 6.61 Å². The monoisotopic (exact) mass is 560 g/mol. The van der Waals surface area contributed by atoms with Crippen LogP contribution in [0.1, 0.15) is 31.9 Å². The Kier molecular flexibility index (Phi) is 6.87. The molecule has 0 aliphatic rings. The third-order valence-corrected chi connectivity index (χ3v) is 7.61. The second-order valence-electron chi connectivity index (χ2n) is 9.69. The summed E-state index contributed by atoms with van der Waals surface area (Å²) in [6, 6.07) is 28.8. The Balaban J connectivity index is 1.67. The summed E-state index contributed by atoms with van der Waals surface area (Å²) in [5.74, 6) is 2.08. The number of ether oxygens (including phenoxy) is 2. The maximum atomic E-state index is 13.7. The molecule has 5 rings (SSSR count). The van der Waals surface area contributed by atoms with Crippen LogP contribution in [0.2, 0.25) is 0 Å². The molecule has 0 atom stereocenters. The van der Waals surface area contributed by atoms with Gasteiger partial charge in [-0.05, 0) is 70.6 Å². The van der Waals surface area contributed by atoms with Crippen molar-refractivity contribution in [2.24, 2.45) is 0 Å². The first kappa shape index (κ1) is 24.5. The first-order chi connectivity index (χ1) is 17.3. The number of hydrogen-bond donors (Lipinski definition) is 0. The Bertz CT molecular complexity index is 1480. The number of thiophene rings is 1. The molecule has 0 aliphatic heterocycles. The number of rotatable bonds is 6. The highest BCUT2D eigenvalue weighted by Crippen LogP contribution is 2.51. The Morgan fingerprint density at radius 2 is 1.53 bits per heavy atom. The van der Waals surface area contributed by atoms with Gasteiger partial charge in [0.05, 0.1) is 4.88 Å². The van der Waals surface area contributed by atoms with E-state index in [4.69, 9.17) is 9.47 Å². The topological polar surface area (TPSA) is 18.5 Å². The molecule has 1 heterocycles. The van der Waals surface area contributed by atoms with Crippen LogP contribution in [0.15, 0.2) is 95.5 Å². The van der Waals surface area contributed by atoms with Crippen molar-refractivity contribution in [3.8, 4) is 27.7 Å². The number of benzene rings is 4. The summed E-state index contributed by atoms with van der Waals surface area (Å²) in [6.07, 6.45) is 0. The summed E-state index contributed by atoms with van der Waals surface area (Å²) in [7, 11) is 0. The van der Waals surface area contributed by atoms with Gasteiger partial charge in [-0.15, -0.1) is 11.3 Å².